The summed E-state index contributed by atoms with van der Waals surface area (Å²) in [6, 6.07) is 10.3. The van der Waals surface area contributed by atoms with Gasteiger partial charge >= 0.3 is 0 Å². The summed E-state index contributed by atoms with van der Waals surface area (Å²) in [4.78, 5) is 5.70. The van der Waals surface area contributed by atoms with Crippen LogP contribution < -0.4 is 5.32 Å². The molecule has 1 fully saturated rings. The lowest BCUT2D eigenvalue weighted by atomic mass is 10.1. The van der Waals surface area contributed by atoms with E-state index in [1.54, 1.807) is 11.8 Å². The molecule has 0 bridgehead atoms. The van der Waals surface area contributed by atoms with Gasteiger partial charge in [-0.2, -0.15) is 4.98 Å². The lowest BCUT2D eigenvalue weighted by Crippen LogP contribution is -2.08. The highest BCUT2D eigenvalue weighted by Crippen LogP contribution is 2.24. The number of thioether (sulfide) groups is 1. The number of benzene rings is 1. The van der Waals surface area contributed by atoms with Crippen molar-refractivity contribution in [1.29, 1.82) is 0 Å². The lowest BCUT2D eigenvalue weighted by Gasteiger charge is -1.98. The largest absolute Gasteiger partial charge is 0.339 e. The van der Waals surface area contributed by atoms with Crippen LogP contribution in [0.5, 0.6) is 0 Å². The van der Waals surface area contributed by atoms with Gasteiger partial charge in [0.25, 0.3) is 0 Å². The molecule has 1 aromatic carbocycles. The summed E-state index contributed by atoms with van der Waals surface area (Å²) in [6.45, 7) is 1.99. The summed E-state index contributed by atoms with van der Waals surface area (Å²) in [5.74, 6) is 2.72. The summed E-state index contributed by atoms with van der Waals surface area (Å²) in [5, 5.41) is 7.35. The minimum Gasteiger partial charge on any atom is -0.339 e. The SMILES string of the molecule is c1ccc(SCc2noc(C3CCNC3)n2)cc1. The molecule has 1 unspecified atom stereocenters. The first-order chi connectivity index (χ1) is 8.92. The summed E-state index contributed by atoms with van der Waals surface area (Å²) < 4.78 is 5.32. The molecular formula is C13H15N3OS. The van der Waals surface area contributed by atoms with Crippen LogP contribution in [0.25, 0.3) is 0 Å². The van der Waals surface area contributed by atoms with Crippen molar-refractivity contribution in [3.05, 3.63) is 42.0 Å². The molecule has 1 saturated heterocycles. The van der Waals surface area contributed by atoms with Gasteiger partial charge < -0.3 is 9.84 Å². The third kappa shape index (κ3) is 2.73. The van der Waals surface area contributed by atoms with E-state index in [1.807, 2.05) is 18.2 Å². The second-order valence-electron chi connectivity index (χ2n) is 4.34. The average molecular weight is 261 g/mol. The Morgan fingerprint density at radius 1 is 1.33 bits per heavy atom. The minimum atomic E-state index is 0.396. The van der Waals surface area contributed by atoms with Crippen LogP contribution in [0.4, 0.5) is 0 Å². The van der Waals surface area contributed by atoms with Crippen molar-refractivity contribution in [2.24, 2.45) is 0 Å². The van der Waals surface area contributed by atoms with Crippen LogP contribution in [0.3, 0.4) is 0 Å². The number of hydrogen-bond acceptors (Lipinski definition) is 5. The highest BCUT2D eigenvalue weighted by atomic mass is 32.2. The topological polar surface area (TPSA) is 51.0 Å². The lowest BCUT2D eigenvalue weighted by molar-refractivity contribution is 0.355. The van der Waals surface area contributed by atoms with Crippen molar-refractivity contribution in [3.63, 3.8) is 0 Å². The van der Waals surface area contributed by atoms with Gasteiger partial charge in [0.2, 0.25) is 5.89 Å². The van der Waals surface area contributed by atoms with Gasteiger partial charge in [-0.3, -0.25) is 0 Å². The molecule has 0 aliphatic carbocycles. The maximum atomic E-state index is 5.32. The Morgan fingerprint density at radius 3 is 3.00 bits per heavy atom. The van der Waals surface area contributed by atoms with E-state index in [4.69, 9.17) is 4.52 Å². The third-order valence-electron chi connectivity index (χ3n) is 3.00. The average Bonchev–Trinajstić information content (AvgIpc) is 3.08. The Hall–Kier alpha value is -1.33. The molecule has 0 spiro atoms. The molecule has 0 saturated carbocycles. The standard InChI is InChI=1S/C13H15N3OS/c1-2-4-11(5-3-1)18-9-12-15-13(17-16-12)10-6-7-14-8-10/h1-5,10,14H,6-9H2. The fourth-order valence-corrected chi connectivity index (χ4v) is 2.78. The van der Waals surface area contributed by atoms with Gasteiger partial charge in [0.05, 0.1) is 11.7 Å². The Bertz CT molecular complexity index is 494. The van der Waals surface area contributed by atoms with E-state index >= 15 is 0 Å². The minimum absolute atomic E-state index is 0.396. The third-order valence-corrected chi connectivity index (χ3v) is 4.01. The first kappa shape index (κ1) is 11.7. The predicted molar refractivity (Wildman–Crippen MR) is 70.5 cm³/mol. The maximum Gasteiger partial charge on any atom is 0.231 e. The molecule has 2 aromatic rings. The van der Waals surface area contributed by atoms with Crippen molar-refractivity contribution in [2.45, 2.75) is 23.0 Å². The van der Waals surface area contributed by atoms with Crippen molar-refractivity contribution >= 4 is 11.8 Å². The Labute approximate surface area is 110 Å². The predicted octanol–water partition coefficient (Wildman–Crippen LogP) is 2.44. The summed E-state index contributed by atoms with van der Waals surface area (Å²) in [6.07, 6.45) is 1.09. The highest BCUT2D eigenvalue weighted by molar-refractivity contribution is 7.98. The molecule has 1 atom stereocenters. The van der Waals surface area contributed by atoms with Crippen LogP contribution in [0.2, 0.25) is 0 Å². The van der Waals surface area contributed by atoms with Crippen molar-refractivity contribution in [3.8, 4) is 0 Å². The summed E-state index contributed by atoms with van der Waals surface area (Å²) in [7, 11) is 0. The van der Waals surface area contributed by atoms with Gasteiger partial charge in [0, 0.05) is 11.4 Å². The van der Waals surface area contributed by atoms with Gasteiger partial charge in [-0.1, -0.05) is 23.4 Å². The molecule has 1 aliphatic heterocycles. The molecule has 2 heterocycles. The van der Waals surface area contributed by atoms with E-state index in [-0.39, 0.29) is 0 Å². The molecule has 0 radical (unpaired) electrons. The van der Waals surface area contributed by atoms with Gasteiger partial charge in [-0.15, -0.1) is 11.8 Å². The van der Waals surface area contributed by atoms with E-state index in [1.165, 1.54) is 4.90 Å². The van der Waals surface area contributed by atoms with Gasteiger partial charge in [0.15, 0.2) is 5.82 Å². The molecule has 0 amide bonds. The van der Waals surface area contributed by atoms with Crippen LogP contribution in [-0.4, -0.2) is 23.2 Å². The first-order valence-corrected chi connectivity index (χ1v) is 7.11. The zero-order chi connectivity index (χ0) is 12.2. The van der Waals surface area contributed by atoms with E-state index in [9.17, 15) is 0 Å². The number of nitrogens with zero attached hydrogens (tertiary/aromatic N) is 2. The second-order valence-corrected chi connectivity index (χ2v) is 5.39. The van der Waals surface area contributed by atoms with Gasteiger partial charge in [-0.05, 0) is 25.1 Å². The number of nitrogens with one attached hydrogen (secondary N) is 1. The fourth-order valence-electron chi connectivity index (χ4n) is 2.02. The number of hydrogen-bond donors (Lipinski definition) is 1. The molecule has 1 aromatic heterocycles. The van der Waals surface area contributed by atoms with E-state index in [0.717, 1.165) is 37.0 Å². The molecule has 1 N–H and O–H groups in total. The number of aromatic nitrogens is 2. The van der Waals surface area contributed by atoms with Crippen molar-refractivity contribution < 1.29 is 4.52 Å². The molecule has 5 heteroatoms. The summed E-state index contributed by atoms with van der Waals surface area (Å²) in [5.41, 5.74) is 0. The molecule has 18 heavy (non-hydrogen) atoms. The zero-order valence-electron chi connectivity index (χ0n) is 10.0. The quantitative estimate of drug-likeness (QED) is 0.857. The van der Waals surface area contributed by atoms with E-state index < -0.39 is 0 Å². The smallest absolute Gasteiger partial charge is 0.231 e. The summed E-state index contributed by atoms with van der Waals surface area (Å²) >= 11 is 1.73. The Kier molecular flexibility index (Phi) is 3.61. The maximum absolute atomic E-state index is 5.32. The highest BCUT2D eigenvalue weighted by Gasteiger charge is 2.22. The zero-order valence-corrected chi connectivity index (χ0v) is 10.8. The molecule has 3 rings (SSSR count). The second kappa shape index (κ2) is 5.54. The van der Waals surface area contributed by atoms with Crippen LogP contribution in [-0.2, 0) is 5.75 Å². The van der Waals surface area contributed by atoms with Crippen molar-refractivity contribution in [2.75, 3.05) is 13.1 Å². The van der Waals surface area contributed by atoms with E-state index in [0.29, 0.717) is 5.92 Å². The number of rotatable bonds is 4. The van der Waals surface area contributed by atoms with Crippen molar-refractivity contribution in [1.82, 2.24) is 15.5 Å². The van der Waals surface area contributed by atoms with Gasteiger partial charge in [0.1, 0.15) is 0 Å². The van der Waals surface area contributed by atoms with Crippen LogP contribution in [0.1, 0.15) is 24.1 Å². The molecule has 1 aliphatic rings. The molecule has 94 valence electrons. The molecule has 4 nitrogen and oxygen atoms in total. The Balaban J connectivity index is 1.60. The Morgan fingerprint density at radius 2 is 2.22 bits per heavy atom. The van der Waals surface area contributed by atoms with E-state index in [2.05, 4.69) is 27.6 Å². The fraction of sp³-hybridized carbons (Fsp3) is 0.385. The normalized spacial score (nSPS) is 19.2. The molecular weight excluding hydrogens is 246 g/mol. The van der Waals surface area contributed by atoms with Gasteiger partial charge in [-0.25, -0.2) is 0 Å². The van der Waals surface area contributed by atoms with Crippen LogP contribution in [0.15, 0.2) is 39.8 Å². The van der Waals surface area contributed by atoms with Crippen LogP contribution >= 0.6 is 11.8 Å². The first-order valence-electron chi connectivity index (χ1n) is 6.13. The van der Waals surface area contributed by atoms with Crippen LogP contribution in [0, 0.1) is 0 Å². The monoisotopic (exact) mass is 261 g/mol.